The Morgan fingerprint density at radius 2 is 2.04 bits per heavy atom. The molecule has 0 bridgehead atoms. The van der Waals surface area contributed by atoms with Crippen molar-refractivity contribution in [3.63, 3.8) is 0 Å². The molecule has 2 heterocycles. The number of morpholine rings is 1. The summed E-state index contributed by atoms with van der Waals surface area (Å²) >= 11 is 1.43. The lowest BCUT2D eigenvalue weighted by Gasteiger charge is -2.26. The van der Waals surface area contributed by atoms with Gasteiger partial charge in [-0.05, 0) is 44.2 Å². The summed E-state index contributed by atoms with van der Waals surface area (Å²) in [7, 11) is 1.64. The number of ether oxygens (including phenoxy) is 2. The van der Waals surface area contributed by atoms with Crippen molar-refractivity contribution in [2.75, 3.05) is 46.5 Å². The van der Waals surface area contributed by atoms with E-state index < -0.39 is 0 Å². The number of carbonyl (C=O) groups is 1. The molecule has 3 rings (SSSR count). The van der Waals surface area contributed by atoms with E-state index >= 15 is 0 Å². The van der Waals surface area contributed by atoms with Crippen molar-refractivity contribution >= 4 is 17.2 Å². The van der Waals surface area contributed by atoms with Crippen LogP contribution in [0.4, 0.5) is 0 Å². The summed E-state index contributed by atoms with van der Waals surface area (Å²) in [5.41, 5.74) is 1.76. The fourth-order valence-electron chi connectivity index (χ4n) is 2.87. The lowest BCUT2D eigenvalue weighted by Crippen LogP contribution is -2.38. The van der Waals surface area contributed by atoms with Gasteiger partial charge in [0.2, 0.25) is 0 Å². The molecule has 0 unspecified atom stereocenters. The minimum Gasteiger partial charge on any atom is -0.497 e. The van der Waals surface area contributed by atoms with Gasteiger partial charge in [0.25, 0.3) is 5.91 Å². The van der Waals surface area contributed by atoms with Gasteiger partial charge in [0.15, 0.2) is 0 Å². The summed E-state index contributed by atoms with van der Waals surface area (Å²) in [6.45, 7) is 7.11. The first-order chi connectivity index (χ1) is 12.7. The number of nitrogens with one attached hydrogen (secondary N) is 1. The SMILES string of the molecule is COc1ccc(-c2nc(C)c(C(=O)NCCCN3CCOCC3)s2)cc1. The predicted molar refractivity (Wildman–Crippen MR) is 103 cm³/mol. The fraction of sp³-hybridized carbons (Fsp3) is 0.474. The van der Waals surface area contributed by atoms with Crippen LogP contribution in [0.1, 0.15) is 21.8 Å². The van der Waals surface area contributed by atoms with Crippen LogP contribution in [0, 0.1) is 6.92 Å². The smallest absolute Gasteiger partial charge is 0.263 e. The minimum absolute atomic E-state index is 0.0401. The number of thiazole rings is 1. The molecule has 2 aromatic rings. The first kappa shape index (κ1) is 18.8. The highest BCUT2D eigenvalue weighted by atomic mass is 32.1. The summed E-state index contributed by atoms with van der Waals surface area (Å²) in [6.07, 6.45) is 0.939. The van der Waals surface area contributed by atoms with E-state index in [1.807, 2.05) is 31.2 Å². The molecule has 1 N–H and O–H groups in total. The maximum atomic E-state index is 12.5. The van der Waals surface area contributed by atoms with Crippen LogP contribution < -0.4 is 10.1 Å². The second-order valence-electron chi connectivity index (χ2n) is 6.23. The first-order valence-corrected chi connectivity index (χ1v) is 9.69. The molecule has 0 radical (unpaired) electrons. The Bertz CT molecular complexity index is 724. The Morgan fingerprint density at radius 1 is 1.31 bits per heavy atom. The number of aromatic nitrogens is 1. The molecule has 1 fully saturated rings. The lowest BCUT2D eigenvalue weighted by atomic mass is 10.2. The monoisotopic (exact) mass is 375 g/mol. The highest BCUT2D eigenvalue weighted by molar-refractivity contribution is 7.17. The molecule has 26 heavy (non-hydrogen) atoms. The van der Waals surface area contributed by atoms with Crippen molar-refractivity contribution in [3.8, 4) is 16.3 Å². The maximum Gasteiger partial charge on any atom is 0.263 e. The maximum absolute atomic E-state index is 12.5. The predicted octanol–water partition coefficient (Wildman–Crippen LogP) is 2.58. The van der Waals surface area contributed by atoms with Crippen LogP contribution in [-0.4, -0.2) is 62.3 Å². The van der Waals surface area contributed by atoms with Gasteiger partial charge in [-0.15, -0.1) is 11.3 Å². The number of hydrogen-bond donors (Lipinski definition) is 1. The molecule has 1 aromatic carbocycles. The third kappa shape index (κ3) is 4.81. The number of benzene rings is 1. The zero-order valence-electron chi connectivity index (χ0n) is 15.3. The summed E-state index contributed by atoms with van der Waals surface area (Å²) in [6, 6.07) is 7.72. The number of nitrogens with zero attached hydrogens (tertiary/aromatic N) is 2. The Labute approximate surface area is 158 Å². The van der Waals surface area contributed by atoms with Gasteiger partial charge in [-0.3, -0.25) is 9.69 Å². The molecular formula is C19H25N3O3S. The van der Waals surface area contributed by atoms with Gasteiger partial charge in [0.05, 0.1) is 26.0 Å². The third-order valence-corrected chi connectivity index (χ3v) is 5.59. The Kier molecular flexibility index (Phi) is 6.60. The Morgan fingerprint density at radius 3 is 2.73 bits per heavy atom. The van der Waals surface area contributed by atoms with Gasteiger partial charge < -0.3 is 14.8 Å². The van der Waals surface area contributed by atoms with Crippen LogP contribution in [0.5, 0.6) is 5.75 Å². The highest BCUT2D eigenvalue weighted by Gasteiger charge is 2.16. The van der Waals surface area contributed by atoms with Gasteiger partial charge in [-0.1, -0.05) is 0 Å². The van der Waals surface area contributed by atoms with Crippen molar-refractivity contribution in [2.45, 2.75) is 13.3 Å². The fourth-order valence-corrected chi connectivity index (χ4v) is 3.86. The lowest BCUT2D eigenvalue weighted by molar-refractivity contribution is 0.0374. The van der Waals surface area contributed by atoms with Crippen molar-refractivity contribution in [3.05, 3.63) is 34.8 Å². The molecule has 7 heteroatoms. The quantitative estimate of drug-likeness (QED) is 0.754. The van der Waals surface area contributed by atoms with Gasteiger partial charge in [-0.25, -0.2) is 4.98 Å². The molecule has 0 aliphatic carbocycles. The molecule has 1 saturated heterocycles. The summed E-state index contributed by atoms with van der Waals surface area (Å²) in [5, 5.41) is 3.87. The van der Waals surface area contributed by atoms with Gasteiger partial charge in [-0.2, -0.15) is 0 Å². The van der Waals surface area contributed by atoms with Crippen LogP contribution in [0.2, 0.25) is 0 Å². The molecule has 140 valence electrons. The standard InChI is InChI=1S/C19H25N3O3S/c1-14-17(18(23)20-8-3-9-22-10-12-25-13-11-22)26-19(21-14)15-4-6-16(24-2)7-5-15/h4-7H,3,8-13H2,1-2H3,(H,20,23). The van der Waals surface area contributed by atoms with E-state index in [-0.39, 0.29) is 5.91 Å². The third-order valence-electron chi connectivity index (χ3n) is 4.38. The number of methoxy groups -OCH3 is 1. The largest absolute Gasteiger partial charge is 0.497 e. The van der Waals surface area contributed by atoms with E-state index in [1.165, 1.54) is 11.3 Å². The molecule has 0 saturated carbocycles. The minimum atomic E-state index is -0.0401. The van der Waals surface area contributed by atoms with Crippen LogP contribution in [0.15, 0.2) is 24.3 Å². The Balaban J connectivity index is 1.53. The van der Waals surface area contributed by atoms with Crippen LogP contribution >= 0.6 is 11.3 Å². The zero-order chi connectivity index (χ0) is 18.4. The van der Waals surface area contributed by atoms with E-state index in [2.05, 4.69) is 15.2 Å². The van der Waals surface area contributed by atoms with Crippen molar-refractivity contribution in [2.24, 2.45) is 0 Å². The van der Waals surface area contributed by atoms with Crippen molar-refractivity contribution in [1.29, 1.82) is 0 Å². The average molecular weight is 375 g/mol. The number of carbonyl (C=O) groups excluding carboxylic acids is 1. The molecule has 0 atom stereocenters. The first-order valence-electron chi connectivity index (χ1n) is 8.87. The number of aryl methyl sites for hydroxylation is 1. The van der Waals surface area contributed by atoms with E-state index in [9.17, 15) is 4.79 Å². The Hall–Kier alpha value is -1.96. The van der Waals surface area contributed by atoms with Crippen LogP contribution in [0.3, 0.4) is 0 Å². The number of amides is 1. The second kappa shape index (κ2) is 9.12. The molecule has 1 amide bonds. The molecule has 6 nitrogen and oxygen atoms in total. The van der Waals surface area contributed by atoms with Gasteiger partial charge in [0, 0.05) is 25.2 Å². The highest BCUT2D eigenvalue weighted by Crippen LogP contribution is 2.29. The van der Waals surface area contributed by atoms with Gasteiger partial charge >= 0.3 is 0 Å². The molecule has 0 spiro atoms. The van der Waals surface area contributed by atoms with E-state index in [4.69, 9.17) is 9.47 Å². The van der Waals surface area contributed by atoms with Crippen LogP contribution in [0.25, 0.3) is 10.6 Å². The average Bonchev–Trinajstić information content (AvgIpc) is 3.08. The molecular weight excluding hydrogens is 350 g/mol. The molecule has 1 aliphatic rings. The van der Waals surface area contributed by atoms with E-state index in [0.717, 1.165) is 61.3 Å². The van der Waals surface area contributed by atoms with E-state index in [1.54, 1.807) is 7.11 Å². The van der Waals surface area contributed by atoms with E-state index in [0.29, 0.717) is 11.4 Å². The van der Waals surface area contributed by atoms with Crippen LogP contribution in [-0.2, 0) is 4.74 Å². The second-order valence-corrected chi connectivity index (χ2v) is 7.22. The summed E-state index contributed by atoms with van der Waals surface area (Å²) < 4.78 is 10.5. The molecule has 1 aliphatic heterocycles. The number of rotatable bonds is 7. The summed E-state index contributed by atoms with van der Waals surface area (Å²) in [5.74, 6) is 0.766. The zero-order valence-corrected chi connectivity index (χ0v) is 16.1. The van der Waals surface area contributed by atoms with Gasteiger partial charge in [0.1, 0.15) is 15.6 Å². The molecule has 1 aromatic heterocycles. The number of hydrogen-bond acceptors (Lipinski definition) is 6. The summed E-state index contributed by atoms with van der Waals surface area (Å²) in [4.78, 5) is 20.1. The van der Waals surface area contributed by atoms with Crippen molar-refractivity contribution < 1.29 is 14.3 Å². The normalized spacial score (nSPS) is 15.0. The topological polar surface area (TPSA) is 63.7 Å². The van der Waals surface area contributed by atoms with Crippen molar-refractivity contribution in [1.82, 2.24) is 15.2 Å².